The van der Waals surface area contributed by atoms with Gasteiger partial charge in [0.2, 0.25) is 0 Å². The number of aliphatic hydroxyl groups is 1. The van der Waals surface area contributed by atoms with Crippen molar-refractivity contribution in [3.8, 4) is 0 Å². The number of furan rings is 1. The van der Waals surface area contributed by atoms with Crippen LogP contribution in [-0.2, 0) is 5.60 Å². The average Bonchev–Trinajstić information content (AvgIpc) is 2.65. The van der Waals surface area contributed by atoms with E-state index in [0.29, 0.717) is 5.92 Å². The average molecular weight is 194 g/mol. The second-order valence-corrected chi connectivity index (χ2v) is 4.74. The van der Waals surface area contributed by atoms with Crippen LogP contribution in [0.5, 0.6) is 0 Å². The van der Waals surface area contributed by atoms with Gasteiger partial charge < -0.3 is 9.52 Å². The van der Waals surface area contributed by atoms with Gasteiger partial charge in [0.25, 0.3) is 0 Å². The Bertz CT molecular complexity index is 291. The van der Waals surface area contributed by atoms with Crippen molar-refractivity contribution in [1.29, 1.82) is 0 Å². The summed E-state index contributed by atoms with van der Waals surface area (Å²) in [7, 11) is 0. The van der Waals surface area contributed by atoms with Gasteiger partial charge in [0, 0.05) is 5.56 Å². The summed E-state index contributed by atoms with van der Waals surface area (Å²) in [4.78, 5) is 0. The molecule has 0 spiro atoms. The lowest BCUT2D eigenvalue weighted by Gasteiger charge is -2.38. The molecule has 3 atom stereocenters. The molecule has 0 radical (unpaired) electrons. The van der Waals surface area contributed by atoms with E-state index < -0.39 is 5.60 Å². The summed E-state index contributed by atoms with van der Waals surface area (Å²) in [5.74, 6) is 1.31. The molecule has 1 fully saturated rings. The van der Waals surface area contributed by atoms with Gasteiger partial charge in [0.1, 0.15) is 0 Å². The SMILES string of the molecule is CC1CCC(O)(c2ccoc2)CC1C. The van der Waals surface area contributed by atoms with Gasteiger partial charge in [-0.15, -0.1) is 0 Å². The zero-order chi connectivity index (χ0) is 10.2. The monoisotopic (exact) mass is 194 g/mol. The van der Waals surface area contributed by atoms with Crippen LogP contribution in [-0.4, -0.2) is 5.11 Å². The minimum atomic E-state index is -0.640. The topological polar surface area (TPSA) is 33.4 Å². The van der Waals surface area contributed by atoms with Gasteiger partial charge in [-0.2, -0.15) is 0 Å². The quantitative estimate of drug-likeness (QED) is 0.745. The van der Waals surface area contributed by atoms with Gasteiger partial charge >= 0.3 is 0 Å². The molecule has 2 heteroatoms. The highest BCUT2D eigenvalue weighted by Crippen LogP contribution is 2.42. The van der Waals surface area contributed by atoms with Crippen molar-refractivity contribution in [2.24, 2.45) is 11.8 Å². The number of hydrogen-bond acceptors (Lipinski definition) is 2. The smallest absolute Gasteiger partial charge is 0.0963 e. The second kappa shape index (κ2) is 3.43. The van der Waals surface area contributed by atoms with E-state index in [1.54, 1.807) is 12.5 Å². The Labute approximate surface area is 84.9 Å². The van der Waals surface area contributed by atoms with Crippen LogP contribution < -0.4 is 0 Å². The van der Waals surface area contributed by atoms with Crippen molar-refractivity contribution in [2.45, 2.75) is 38.7 Å². The molecule has 0 amide bonds. The molecule has 1 saturated carbocycles. The van der Waals surface area contributed by atoms with Crippen molar-refractivity contribution in [2.75, 3.05) is 0 Å². The summed E-state index contributed by atoms with van der Waals surface area (Å²) in [6, 6.07) is 1.88. The van der Waals surface area contributed by atoms with E-state index in [4.69, 9.17) is 4.42 Å². The molecule has 2 nitrogen and oxygen atoms in total. The molecule has 1 aromatic rings. The van der Waals surface area contributed by atoms with Crippen molar-refractivity contribution in [3.63, 3.8) is 0 Å². The summed E-state index contributed by atoms with van der Waals surface area (Å²) in [5.41, 5.74) is 0.301. The van der Waals surface area contributed by atoms with Crippen LogP contribution in [0.25, 0.3) is 0 Å². The molecule has 3 unspecified atom stereocenters. The molecular weight excluding hydrogens is 176 g/mol. The van der Waals surface area contributed by atoms with Crippen LogP contribution >= 0.6 is 0 Å². The standard InChI is InChI=1S/C12H18O2/c1-9-3-5-12(13,7-10(9)2)11-4-6-14-8-11/h4,6,8-10,13H,3,5,7H2,1-2H3. The maximum absolute atomic E-state index is 10.5. The fourth-order valence-electron chi connectivity index (χ4n) is 2.38. The Morgan fingerprint density at radius 1 is 1.43 bits per heavy atom. The van der Waals surface area contributed by atoms with Crippen LogP contribution in [0.1, 0.15) is 38.7 Å². The molecule has 14 heavy (non-hydrogen) atoms. The molecule has 2 rings (SSSR count). The predicted octanol–water partition coefficient (Wildman–Crippen LogP) is 2.92. The lowest BCUT2D eigenvalue weighted by atomic mass is 9.71. The van der Waals surface area contributed by atoms with Crippen molar-refractivity contribution in [1.82, 2.24) is 0 Å². The van der Waals surface area contributed by atoms with Crippen LogP contribution in [0, 0.1) is 11.8 Å². The maximum Gasteiger partial charge on any atom is 0.0963 e. The van der Waals surface area contributed by atoms with Gasteiger partial charge in [-0.1, -0.05) is 13.8 Å². The predicted molar refractivity (Wildman–Crippen MR) is 54.8 cm³/mol. The highest BCUT2D eigenvalue weighted by atomic mass is 16.3. The Balaban J connectivity index is 2.18. The zero-order valence-electron chi connectivity index (χ0n) is 8.86. The molecule has 1 aliphatic rings. The minimum Gasteiger partial charge on any atom is -0.472 e. The third-order valence-electron chi connectivity index (χ3n) is 3.70. The van der Waals surface area contributed by atoms with E-state index in [-0.39, 0.29) is 0 Å². The third kappa shape index (κ3) is 1.59. The lowest BCUT2D eigenvalue weighted by Crippen LogP contribution is -2.34. The Hall–Kier alpha value is -0.760. The summed E-state index contributed by atoms with van der Waals surface area (Å²) in [6.45, 7) is 4.48. The summed E-state index contributed by atoms with van der Waals surface area (Å²) < 4.78 is 5.04. The maximum atomic E-state index is 10.5. The number of hydrogen-bond donors (Lipinski definition) is 1. The molecule has 1 N–H and O–H groups in total. The van der Waals surface area contributed by atoms with Crippen molar-refractivity contribution < 1.29 is 9.52 Å². The zero-order valence-corrected chi connectivity index (χ0v) is 8.86. The lowest BCUT2D eigenvalue weighted by molar-refractivity contribution is -0.0339. The summed E-state index contributed by atoms with van der Waals surface area (Å²) in [5, 5.41) is 10.5. The largest absolute Gasteiger partial charge is 0.472 e. The third-order valence-corrected chi connectivity index (χ3v) is 3.70. The summed E-state index contributed by atoms with van der Waals surface area (Å²) >= 11 is 0. The first-order chi connectivity index (χ1) is 6.62. The first-order valence-electron chi connectivity index (χ1n) is 5.37. The molecule has 0 aromatic carbocycles. The molecule has 1 heterocycles. The van der Waals surface area contributed by atoms with E-state index in [2.05, 4.69) is 13.8 Å². The minimum absolute atomic E-state index is 0.587. The Morgan fingerprint density at radius 3 is 2.79 bits per heavy atom. The normalized spacial score (nSPS) is 38.5. The first-order valence-corrected chi connectivity index (χ1v) is 5.37. The second-order valence-electron chi connectivity index (χ2n) is 4.74. The summed E-state index contributed by atoms with van der Waals surface area (Å²) in [6.07, 6.45) is 6.12. The number of rotatable bonds is 1. The Morgan fingerprint density at radius 2 is 2.21 bits per heavy atom. The van der Waals surface area contributed by atoms with Gasteiger partial charge in [-0.3, -0.25) is 0 Å². The molecule has 0 aliphatic heterocycles. The van der Waals surface area contributed by atoms with Crippen LogP contribution in [0.3, 0.4) is 0 Å². The fourth-order valence-corrected chi connectivity index (χ4v) is 2.38. The highest BCUT2D eigenvalue weighted by Gasteiger charge is 2.37. The molecule has 0 bridgehead atoms. The van der Waals surface area contributed by atoms with Gasteiger partial charge in [-0.05, 0) is 37.2 Å². The molecular formula is C12H18O2. The molecule has 0 saturated heterocycles. The molecule has 78 valence electrons. The fraction of sp³-hybridized carbons (Fsp3) is 0.667. The van der Waals surface area contributed by atoms with Gasteiger partial charge in [-0.25, -0.2) is 0 Å². The first kappa shape index (κ1) is 9.78. The van der Waals surface area contributed by atoms with Crippen LogP contribution in [0.15, 0.2) is 23.0 Å². The van der Waals surface area contributed by atoms with E-state index in [1.807, 2.05) is 6.07 Å². The van der Waals surface area contributed by atoms with E-state index in [1.165, 1.54) is 0 Å². The molecule has 1 aliphatic carbocycles. The highest BCUT2D eigenvalue weighted by molar-refractivity contribution is 5.17. The van der Waals surface area contributed by atoms with Gasteiger partial charge in [0.05, 0.1) is 18.1 Å². The van der Waals surface area contributed by atoms with E-state index in [0.717, 1.165) is 30.7 Å². The molecule has 1 aromatic heterocycles. The van der Waals surface area contributed by atoms with Crippen LogP contribution in [0.4, 0.5) is 0 Å². The van der Waals surface area contributed by atoms with Gasteiger partial charge in [0.15, 0.2) is 0 Å². The van der Waals surface area contributed by atoms with Crippen molar-refractivity contribution >= 4 is 0 Å². The van der Waals surface area contributed by atoms with E-state index in [9.17, 15) is 5.11 Å². The van der Waals surface area contributed by atoms with Crippen molar-refractivity contribution in [3.05, 3.63) is 24.2 Å². The Kier molecular flexibility index (Phi) is 2.40. The van der Waals surface area contributed by atoms with E-state index >= 15 is 0 Å². The van der Waals surface area contributed by atoms with Crippen LogP contribution in [0.2, 0.25) is 0 Å².